The number of hydrogen-bond donors (Lipinski definition) is 1. The van der Waals surface area contributed by atoms with Gasteiger partial charge in [-0.15, -0.1) is 11.8 Å². The van der Waals surface area contributed by atoms with Crippen LogP contribution in [0.15, 0.2) is 23.1 Å². The second kappa shape index (κ2) is 9.95. The number of piperidine rings is 1. The molecule has 0 unspecified atom stereocenters. The quantitative estimate of drug-likeness (QED) is 0.644. The fourth-order valence-electron chi connectivity index (χ4n) is 2.68. The largest absolute Gasteiger partial charge is 0.495 e. The van der Waals surface area contributed by atoms with E-state index in [2.05, 4.69) is 10.1 Å². The number of hydrogen-bond acceptors (Lipinski definition) is 7. The fourth-order valence-corrected chi connectivity index (χ4v) is 5.03. The van der Waals surface area contributed by atoms with Gasteiger partial charge in [0, 0.05) is 18.8 Å². The lowest BCUT2D eigenvalue weighted by Gasteiger charge is -2.26. The Balaban J connectivity index is 2.12. The predicted molar refractivity (Wildman–Crippen MR) is 104 cm³/mol. The Morgan fingerprint density at radius 1 is 1.15 bits per heavy atom. The van der Waals surface area contributed by atoms with Crippen molar-refractivity contribution in [1.82, 2.24) is 4.31 Å². The number of sulfonamides is 1. The number of nitrogens with one attached hydrogen (secondary N) is 1. The molecule has 0 aliphatic carbocycles. The van der Waals surface area contributed by atoms with E-state index in [1.807, 2.05) is 0 Å². The lowest BCUT2D eigenvalue weighted by atomic mass is 10.2. The van der Waals surface area contributed by atoms with Gasteiger partial charge in [-0.25, -0.2) is 8.42 Å². The summed E-state index contributed by atoms with van der Waals surface area (Å²) in [6.07, 6.45) is 2.67. The molecule has 1 aromatic rings. The van der Waals surface area contributed by atoms with Crippen molar-refractivity contribution in [2.24, 2.45) is 0 Å². The van der Waals surface area contributed by atoms with Crippen LogP contribution in [0, 0.1) is 0 Å². The molecular weight excluding hydrogens is 392 g/mol. The number of carbonyl (C=O) groups is 2. The molecule has 0 radical (unpaired) electrons. The van der Waals surface area contributed by atoms with Crippen molar-refractivity contribution in [2.45, 2.75) is 24.2 Å². The number of anilines is 1. The van der Waals surface area contributed by atoms with E-state index in [0.29, 0.717) is 18.8 Å². The molecule has 1 aliphatic heterocycles. The molecular formula is C17H24N2O6S2. The molecule has 27 heavy (non-hydrogen) atoms. The summed E-state index contributed by atoms with van der Waals surface area (Å²) in [6, 6.07) is 4.51. The van der Waals surface area contributed by atoms with Crippen LogP contribution in [0.25, 0.3) is 0 Å². The second-order valence-corrected chi connectivity index (χ2v) is 8.84. The Morgan fingerprint density at radius 2 is 1.85 bits per heavy atom. The first-order chi connectivity index (χ1) is 12.9. The van der Waals surface area contributed by atoms with Gasteiger partial charge in [0.05, 0.1) is 25.7 Å². The Bertz CT molecular complexity index is 776. The van der Waals surface area contributed by atoms with Crippen LogP contribution in [0.1, 0.15) is 19.3 Å². The minimum Gasteiger partial charge on any atom is -0.495 e. The first kappa shape index (κ1) is 21.5. The topological polar surface area (TPSA) is 102 Å². The van der Waals surface area contributed by atoms with E-state index in [1.54, 1.807) is 6.07 Å². The summed E-state index contributed by atoms with van der Waals surface area (Å²) < 4.78 is 37.1. The summed E-state index contributed by atoms with van der Waals surface area (Å²) in [5, 5.41) is 2.65. The van der Waals surface area contributed by atoms with Gasteiger partial charge in [-0.1, -0.05) is 6.42 Å². The maximum atomic E-state index is 13.0. The van der Waals surface area contributed by atoms with Gasteiger partial charge >= 0.3 is 5.97 Å². The minimum absolute atomic E-state index is 0.0342. The van der Waals surface area contributed by atoms with Crippen molar-refractivity contribution in [3.8, 4) is 5.75 Å². The normalized spacial score (nSPS) is 15.2. The van der Waals surface area contributed by atoms with E-state index in [9.17, 15) is 18.0 Å². The van der Waals surface area contributed by atoms with E-state index >= 15 is 0 Å². The minimum atomic E-state index is -3.70. The number of methoxy groups -OCH3 is 2. The molecule has 0 aromatic heterocycles. The van der Waals surface area contributed by atoms with Gasteiger partial charge < -0.3 is 14.8 Å². The summed E-state index contributed by atoms with van der Waals surface area (Å²) in [5.41, 5.74) is 0.357. The Morgan fingerprint density at radius 3 is 2.48 bits per heavy atom. The average molecular weight is 417 g/mol. The van der Waals surface area contributed by atoms with Crippen LogP contribution >= 0.6 is 11.8 Å². The number of amides is 1. The van der Waals surface area contributed by atoms with Crippen LogP contribution < -0.4 is 10.1 Å². The van der Waals surface area contributed by atoms with E-state index in [0.717, 1.165) is 31.0 Å². The van der Waals surface area contributed by atoms with Gasteiger partial charge in [-0.05, 0) is 31.0 Å². The highest BCUT2D eigenvalue weighted by atomic mass is 32.2. The third kappa shape index (κ3) is 5.85. The first-order valence-corrected chi connectivity index (χ1v) is 11.1. The SMILES string of the molecule is COC(=O)CSCC(=O)Nc1ccc(OC)c(S(=O)(=O)N2CCCCC2)c1. The number of benzene rings is 1. The van der Waals surface area contributed by atoms with Gasteiger partial charge in [0.15, 0.2) is 0 Å². The first-order valence-electron chi connectivity index (χ1n) is 8.51. The summed E-state index contributed by atoms with van der Waals surface area (Å²) in [5.74, 6) is -0.391. The van der Waals surface area contributed by atoms with Crippen molar-refractivity contribution in [1.29, 1.82) is 0 Å². The Hall–Kier alpha value is -1.78. The van der Waals surface area contributed by atoms with Gasteiger partial charge in [-0.3, -0.25) is 9.59 Å². The predicted octanol–water partition coefficient (Wildman–Crippen LogP) is 1.71. The standard InChI is InChI=1S/C17H24N2O6S2/c1-24-14-7-6-13(18-16(20)11-26-12-17(21)25-2)10-15(14)27(22,23)19-8-4-3-5-9-19/h6-7,10H,3-5,8-9,11-12H2,1-2H3,(H,18,20). The van der Waals surface area contributed by atoms with Crippen LogP contribution in [0.2, 0.25) is 0 Å². The summed E-state index contributed by atoms with van der Waals surface area (Å²) in [4.78, 5) is 23.1. The average Bonchev–Trinajstić information content (AvgIpc) is 2.68. The van der Waals surface area contributed by atoms with Gasteiger partial charge in [0.25, 0.3) is 0 Å². The third-order valence-corrected chi connectivity index (χ3v) is 6.89. The lowest BCUT2D eigenvalue weighted by molar-refractivity contribution is -0.137. The van der Waals surface area contributed by atoms with Crippen molar-refractivity contribution in [3.05, 3.63) is 18.2 Å². The number of esters is 1. The zero-order valence-corrected chi connectivity index (χ0v) is 17.0. The molecule has 0 bridgehead atoms. The molecule has 0 saturated carbocycles. The smallest absolute Gasteiger partial charge is 0.315 e. The van der Waals surface area contributed by atoms with Gasteiger partial charge in [0.2, 0.25) is 15.9 Å². The van der Waals surface area contributed by atoms with Crippen molar-refractivity contribution < 1.29 is 27.5 Å². The Kier molecular flexibility index (Phi) is 7.93. The summed E-state index contributed by atoms with van der Waals surface area (Å²) >= 11 is 1.12. The van der Waals surface area contributed by atoms with E-state index < -0.39 is 16.0 Å². The van der Waals surface area contributed by atoms with Gasteiger partial charge in [0.1, 0.15) is 10.6 Å². The van der Waals surface area contributed by atoms with Crippen molar-refractivity contribution in [2.75, 3.05) is 44.1 Å². The van der Waals surface area contributed by atoms with Crippen molar-refractivity contribution in [3.63, 3.8) is 0 Å². The highest BCUT2D eigenvalue weighted by molar-refractivity contribution is 8.00. The van der Waals surface area contributed by atoms with E-state index in [1.165, 1.54) is 30.7 Å². The van der Waals surface area contributed by atoms with Crippen LogP contribution in [0.3, 0.4) is 0 Å². The molecule has 1 N–H and O–H groups in total. The highest BCUT2D eigenvalue weighted by Crippen LogP contribution is 2.31. The molecule has 0 spiro atoms. The molecule has 1 heterocycles. The zero-order chi connectivity index (χ0) is 19.9. The zero-order valence-electron chi connectivity index (χ0n) is 15.4. The molecule has 1 saturated heterocycles. The van der Waals surface area contributed by atoms with Crippen LogP contribution in [0.5, 0.6) is 5.75 Å². The molecule has 1 fully saturated rings. The molecule has 0 atom stereocenters. The molecule has 1 aromatic carbocycles. The maximum absolute atomic E-state index is 13.0. The monoisotopic (exact) mass is 416 g/mol. The van der Waals surface area contributed by atoms with Crippen molar-refractivity contribution >= 4 is 39.3 Å². The molecule has 8 nitrogen and oxygen atoms in total. The number of thioether (sulfide) groups is 1. The number of nitrogens with zero attached hydrogens (tertiary/aromatic N) is 1. The van der Waals surface area contributed by atoms with Crippen LogP contribution in [-0.4, -0.2) is 63.4 Å². The molecule has 150 valence electrons. The molecule has 10 heteroatoms. The lowest BCUT2D eigenvalue weighted by Crippen LogP contribution is -2.35. The van der Waals surface area contributed by atoms with Crippen LogP contribution in [-0.2, 0) is 24.3 Å². The van der Waals surface area contributed by atoms with Gasteiger partial charge in [-0.2, -0.15) is 4.31 Å². The second-order valence-electron chi connectivity index (χ2n) is 5.95. The fraction of sp³-hybridized carbons (Fsp3) is 0.529. The summed E-state index contributed by atoms with van der Waals surface area (Å²) in [7, 11) is -1.01. The maximum Gasteiger partial charge on any atom is 0.315 e. The van der Waals surface area contributed by atoms with Crippen LogP contribution in [0.4, 0.5) is 5.69 Å². The number of carbonyl (C=O) groups excluding carboxylic acids is 2. The Labute approximate surface area is 163 Å². The van der Waals surface area contributed by atoms with E-state index in [4.69, 9.17) is 4.74 Å². The number of rotatable bonds is 8. The number of ether oxygens (including phenoxy) is 2. The van der Waals surface area contributed by atoms with E-state index in [-0.39, 0.29) is 28.1 Å². The molecule has 1 aliphatic rings. The third-order valence-electron chi connectivity index (χ3n) is 4.06. The highest BCUT2D eigenvalue weighted by Gasteiger charge is 2.29. The summed E-state index contributed by atoms with van der Waals surface area (Å²) in [6.45, 7) is 0.957. The molecule has 1 amide bonds. The molecule has 2 rings (SSSR count).